The second kappa shape index (κ2) is 5.12. The molecule has 0 fully saturated rings. The van der Waals surface area contributed by atoms with E-state index in [1.54, 1.807) is 11.4 Å². The zero-order valence-corrected chi connectivity index (χ0v) is 10.4. The minimum atomic E-state index is -0.270. The van der Waals surface area contributed by atoms with Gasteiger partial charge >= 0.3 is 0 Å². The molecule has 0 aliphatic carbocycles. The van der Waals surface area contributed by atoms with Gasteiger partial charge in [-0.15, -0.1) is 11.3 Å². The van der Waals surface area contributed by atoms with Crippen LogP contribution in [0.1, 0.15) is 0 Å². The van der Waals surface area contributed by atoms with Crippen LogP contribution in [0.4, 0.5) is 5.82 Å². The lowest BCUT2D eigenvalue weighted by Crippen LogP contribution is -2.07. The molecule has 0 saturated heterocycles. The van der Waals surface area contributed by atoms with E-state index in [2.05, 4.69) is 16.9 Å². The summed E-state index contributed by atoms with van der Waals surface area (Å²) < 4.78 is 0. The molecule has 0 radical (unpaired) electrons. The molecule has 0 unspecified atom stereocenters. The zero-order valence-electron chi connectivity index (χ0n) is 8.81. The second-order valence-electron chi connectivity index (χ2n) is 3.24. The lowest BCUT2D eigenvalue weighted by atomic mass is 10.2. The Balaban J connectivity index is 2.23. The third kappa shape index (κ3) is 2.93. The third-order valence-electron chi connectivity index (χ3n) is 2.01. The molecule has 1 heterocycles. The van der Waals surface area contributed by atoms with Crippen molar-refractivity contribution in [2.45, 2.75) is 0 Å². The summed E-state index contributed by atoms with van der Waals surface area (Å²) in [5.41, 5.74) is 0.932. The molecular weight excluding hydrogens is 256 g/mol. The van der Waals surface area contributed by atoms with E-state index in [-0.39, 0.29) is 5.91 Å². The van der Waals surface area contributed by atoms with E-state index < -0.39 is 0 Å². The van der Waals surface area contributed by atoms with Crippen LogP contribution in [0.25, 0.3) is 10.6 Å². The molecule has 1 amide bonds. The van der Waals surface area contributed by atoms with Gasteiger partial charge in [-0.3, -0.25) is 4.79 Å². The molecule has 1 N–H and O–H groups in total. The number of benzene rings is 1. The van der Waals surface area contributed by atoms with Gasteiger partial charge in [-0.25, -0.2) is 4.98 Å². The minimum Gasteiger partial charge on any atom is -0.306 e. The minimum absolute atomic E-state index is 0.270. The number of aromatic nitrogens is 1. The van der Waals surface area contributed by atoms with Crippen LogP contribution in [0.15, 0.2) is 42.3 Å². The van der Waals surface area contributed by atoms with Gasteiger partial charge in [0.2, 0.25) is 5.91 Å². The average Bonchev–Trinajstić information content (AvgIpc) is 2.77. The summed E-state index contributed by atoms with van der Waals surface area (Å²) in [6, 6.07) is 7.42. The highest BCUT2D eigenvalue weighted by Crippen LogP contribution is 2.27. The molecule has 86 valence electrons. The largest absolute Gasteiger partial charge is 0.306 e. The maximum Gasteiger partial charge on any atom is 0.248 e. The zero-order chi connectivity index (χ0) is 12.3. The molecule has 0 aliphatic rings. The number of nitrogens with one attached hydrogen (secondary N) is 1. The number of carbonyl (C=O) groups is 1. The molecule has 0 spiro atoms. The second-order valence-corrected chi connectivity index (χ2v) is 4.54. The molecule has 17 heavy (non-hydrogen) atoms. The van der Waals surface area contributed by atoms with E-state index in [0.717, 1.165) is 10.6 Å². The molecule has 3 nitrogen and oxygen atoms in total. The number of nitrogens with zero attached hydrogens (tertiary/aromatic N) is 1. The predicted octanol–water partition coefficient (Wildman–Crippen LogP) is 3.59. The summed E-state index contributed by atoms with van der Waals surface area (Å²) in [4.78, 5) is 15.4. The lowest BCUT2D eigenvalue weighted by molar-refractivity contribution is -0.111. The maximum absolute atomic E-state index is 11.1. The van der Waals surface area contributed by atoms with E-state index in [1.165, 1.54) is 17.4 Å². The van der Waals surface area contributed by atoms with Crippen LogP contribution < -0.4 is 5.32 Å². The first kappa shape index (κ1) is 11.8. The number of carbonyl (C=O) groups excluding carboxylic acids is 1. The van der Waals surface area contributed by atoms with Gasteiger partial charge in [0.15, 0.2) is 0 Å². The Labute approximate surface area is 108 Å². The summed E-state index contributed by atoms with van der Waals surface area (Å²) in [5, 5.41) is 5.85. The van der Waals surface area contributed by atoms with Crippen LogP contribution in [0, 0.1) is 0 Å². The summed E-state index contributed by atoms with van der Waals surface area (Å²) in [5.74, 6) is 0.253. The SMILES string of the molecule is C=CC(=O)Nc1csc(-c2cccc(Cl)c2)n1. The molecule has 0 saturated carbocycles. The van der Waals surface area contributed by atoms with Crippen molar-refractivity contribution < 1.29 is 4.79 Å². The highest BCUT2D eigenvalue weighted by Gasteiger charge is 2.06. The van der Waals surface area contributed by atoms with Crippen molar-refractivity contribution in [3.05, 3.63) is 47.3 Å². The Hall–Kier alpha value is -1.65. The lowest BCUT2D eigenvalue weighted by Gasteiger charge is -1.97. The van der Waals surface area contributed by atoms with E-state index in [0.29, 0.717) is 10.8 Å². The highest BCUT2D eigenvalue weighted by molar-refractivity contribution is 7.13. The molecule has 5 heteroatoms. The molecular formula is C12H9ClN2OS. The molecule has 0 atom stereocenters. The van der Waals surface area contributed by atoms with Gasteiger partial charge in [-0.2, -0.15) is 0 Å². The molecule has 1 aromatic carbocycles. The Kier molecular flexibility index (Phi) is 3.56. The van der Waals surface area contributed by atoms with Crippen molar-refractivity contribution in [1.82, 2.24) is 4.98 Å². The van der Waals surface area contributed by atoms with Gasteiger partial charge in [0.25, 0.3) is 0 Å². The fraction of sp³-hybridized carbons (Fsp3) is 0. The van der Waals surface area contributed by atoms with Crippen molar-refractivity contribution >= 4 is 34.7 Å². The summed E-state index contributed by atoms with van der Waals surface area (Å²) in [7, 11) is 0. The number of anilines is 1. The summed E-state index contributed by atoms with van der Waals surface area (Å²) in [6.07, 6.45) is 1.21. The summed E-state index contributed by atoms with van der Waals surface area (Å²) in [6.45, 7) is 3.38. The molecule has 0 aliphatic heterocycles. The van der Waals surface area contributed by atoms with Crippen molar-refractivity contribution in [3.63, 3.8) is 0 Å². The van der Waals surface area contributed by atoms with Gasteiger partial charge in [0.1, 0.15) is 10.8 Å². The van der Waals surface area contributed by atoms with Crippen LogP contribution >= 0.6 is 22.9 Å². The Morgan fingerprint density at radius 1 is 1.53 bits per heavy atom. The van der Waals surface area contributed by atoms with Gasteiger partial charge in [-0.1, -0.05) is 30.3 Å². The van der Waals surface area contributed by atoms with Crippen molar-refractivity contribution in [1.29, 1.82) is 0 Å². The van der Waals surface area contributed by atoms with E-state index >= 15 is 0 Å². The Morgan fingerprint density at radius 2 is 2.35 bits per heavy atom. The van der Waals surface area contributed by atoms with E-state index in [1.807, 2.05) is 18.2 Å². The molecule has 2 aromatic rings. The van der Waals surface area contributed by atoms with Gasteiger partial charge in [-0.05, 0) is 18.2 Å². The predicted molar refractivity (Wildman–Crippen MR) is 71.4 cm³/mol. The number of amides is 1. The van der Waals surface area contributed by atoms with Crippen LogP contribution in [0.2, 0.25) is 5.02 Å². The fourth-order valence-electron chi connectivity index (χ4n) is 1.26. The van der Waals surface area contributed by atoms with Gasteiger partial charge in [0, 0.05) is 16.0 Å². The Bertz CT molecular complexity index is 565. The average molecular weight is 265 g/mol. The van der Waals surface area contributed by atoms with Crippen LogP contribution in [-0.4, -0.2) is 10.9 Å². The maximum atomic E-state index is 11.1. The van der Waals surface area contributed by atoms with Gasteiger partial charge in [0.05, 0.1) is 0 Å². The molecule has 0 bridgehead atoms. The van der Waals surface area contributed by atoms with Gasteiger partial charge < -0.3 is 5.32 Å². The first-order valence-corrected chi connectivity index (χ1v) is 6.09. The monoisotopic (exact) mass is 264 g/mol. The molecule has 2 rings (SSSR count). The van der Waals surface area contributed by atoms with Crippen LogP contribution in [0.5, 0.6) is 0 Å². The number of hydrogen-bond acceptors (Lipinski definition) is 3. The first-order valence-electron chi connectivity index (χ1n) is 4.84. The van der Waals surface area contributed by atoms with Crippen molar-refractivity contribution in [2.75, 3.05) is 5.32 Å². The normalized spacial score (nSPS) is 9.94. The summed E-state index contributed by atoms with van der Waals surface area (Å²) >= 11 is 7.35. The van der Waals surface area contributed by atoms with E-state index in [9.17, 15) is 4.79 Å². The smallest absolute Gasteiger partial charge is 0.248 e. The quantitative estimate of drug-likeness (QED) is 0.861. The Morgan fingerprint density at radius 3 is 3.06 bits per heavy atom. The number of halogens is 1. The van der Waals surface area contributed by atoms with Crippen molar-refractivity contribution in [2.24, 2.45) is 0 Å². The first-order chi connectivity index (χ1) is 8.19. The number of hydrogen-bond donors (Lipinski definition) is 1. The number of thiazole rings is 1. The number of rotatable bonds is 3. The fourth-order valence-corrected chi connectivity index (χ4v) is 2.20. The van der Waals surface area contributed by atoms with Crippen molar-refractivity contribution in [3.8, 4) is 10.6 Å². The third-order valence-corrected chi connectivity index (χ3v) is 3.14. The van der Waals surface area contributed by atoms with Crippen LogP contribution in [-0.2, 0) is 4.79 Å². The topological polar surface area (TPSA) is 42.0 Å². The van der Waals surface area contributed by atoms with Crippen LogP contribution in [0.3, 0.4) is 0 Å². The highest BCUT2D eigenvalue weighted by atomic mass is 35.5. The van der Waals surface area contributed by atoms with E-state index in [4.69, 9.17) is 11.6 Å². The standard InChI is InChI=1S/C12H9ClN2OS/c1-2-11(16)14-10-7-17-12(15-10)8-4-3-5-9(13)6-8/h2-7H,1H2,(H,14,16). The molecule has 1 aromatic heterocycles.